The van der Waals surface area contributed by atoms with E-state index in [1.807, 2.05) is 6.92 Å². The number of fused-ring (bicyclic) bond motifs is 1. The summed E-state index contributed by atoms with van der Waals surface area (Å²) in [5.41, 5.74) is 0.643. The lowest BCUT2D eigenvalue weighted by atomic mass is 10.1. The highest BCUT2D eigenvalue weighted by molar-refractivity contribution is 7.85. The van der Waals surface area contributed by atoms with Gasteiger partial charge in [-0.1, -0.05) is 29.8 Å². The molecular weight excluding hydrogens is 332 g/mol. The van der Waals surface area contributed by atoms with Crippen molar-refractivity contribution in [1.82, 2.24) is 0 Å². The van der Waals surface area contributed by atoms with Gasteiger partial charge in [0.15, 0.2) is 11.5 Å². The lowest BCUT2D eigenvalue weighted by molar-refractivity contribution is -0.245. The van der Waals surface area contributed by atoms with Crippen molar-refractivity contribution in [2.24, 2.45) is 0 Å². The number of carboxylic acid groups (broad SMARTS) is 1. The minimum absolute atomic E-state index is 0.0367. The Balaban J connectivity index is 2.33. The van der Waals surface area contributed by atoms with Gasteiger partial charge in [-0.3, -0.25) is 4.89 Å². The molecule has 0 saturated carbocycles. The van der Waals surface area contributed by atoms with Crippen LogP contribution in [-0.4, -0.2) is 37.5 Å². The third kappa shape index (κ3) is 3.37. The zero-order valence-corrected chi connectivity index (χ0v) is 13.1. The zero-order valence-electron chi connectivity index (χ0n) is 12.3. The van der Waals surface area contributed by atoms with E-state index in [9.17, 15) is 23.1 Å². The Morgan fingerprint density at radius 1 is 1.30 bits per heavy atom. The van der Waals surface area contributed by atoms with E-state index >= 15 is 0 Å². The molecule has 1 aliphatic rings. The first-order chi connectivity index (χ1) is 10.7. The Kier molecular flexibility index (Phi) is 4.48. The van der Waals surface area contributed by atoms with E-state index in [0.29, 0.717) is 18.2 Å². The fourth-order valence-electron chi connectivity index (χ4n) is 1.95. The fraction of sp³-hybridized carbons (Fsp3) is 0.385. The van der Waals surface area contributed by atoms with Gasteiger partial charge in [-0.05, 0) is 18.1 Å². The SMILES string of the molecule is CCCc1cccc2c1OC(C(=O)O)(C(=O)OOS(C)(=O)=O)O2. The molecule has 126 valence electrons. The molecule has 10 heteroatoms. The van der Waals surface area contributed by atoms with E-state index in [0.717, 1.165) is 6.42 Å². The van der Waals surface area contributed by atoms with Crippen molar-refractivity contribution in [3.8, 4) is 11.5 Å². The number of ether oxygens (including phenoxy) is 2. The van der Waals surface area contributed by atoms with Crippen LogP contribution in [0.1, 0.15) is 18.9 Å². The first kappa shape index (κ1) is 17.0. The maximum Gasteiger partial charge on any atom is 0.456 e. The molecule has 2 rings (SSSR count). The number of hydrogen-bond donors (Lipinski definition) is 1. The molecule has 0 bridgehead atoms. The first-order valence-electron chi connectivity index (χ1n) is 6.53. The molecule has 1 aliphatic heterocycles. The summed E-state index contributed by atoms with van der Waals surface area (Å²) in [5.74, 6) is -6.20. The summed E-state index contributed by atoms with van der Waals surface area (Å²) in [7, 11) is -4.13. The van der Waals surface area contributed by atoms with Crippen LogP contribution in [-0.2, 0) is 35.3 Å². The molecule has 1 unspecified atom stereocenters. The Labute approximate surface area is 131 Å². The number of benzene rings is 1. The van der Waals surface area contributed by atoms with Crippen LogP contribution >= 0.6 is 0 Å². The minimum atomic E-state index is -4.13. The molecule has 1 heterocycles. The van der Waals surface area contributed by atoms with E-state index in [2.05, 4.69) is 9.22 Å². The summed E-state index contributed by atoms with van der Waals surface area (Å²) < 4.78 is 35.9. The van der Waals surface area contributed by atoms with Gasteiger partial charge in [-0.2, -0.15) is 8.42 Å². The van der Waals surface area contributed by atoms with Crippen molar-refractivity contribution in [1.29, 1.82) is 0 Å². The number of carbonyl (C=O) groups excluding carboxylic acids is 1. The van der Waals surface area contributed by atoms with E-state index < -0.39 is 27.8 Å². The zero-order chi connectivity index (χ0) is 17.3. The molecule has 0 saturated heterocycles. The summed E-state index contributed by atoms with van der Waals surface area (Å²) >= 11 is 0. The number of aliphatic carboxylic acids is 1. The summed E-state index contributed by atoms with van der Waals surface area (Å²) in [4.78, 5) is 27.5. The molecule has 0 aliphatic carbocycles. The molecule has 0 radical (unpaired) electrons. The van der Waals surface area contributed by atoms with Crippen molar-refractivity contribution in [3.05, 3.63) is 23.8 Å². The van der Waals surface area contributed by atoms with Gasteiger partial charge >= 0.3 is 17.7 Å². The van der Waals surface area contributed by atoms with Crippen LogP contribution in [0.15, 0.2) is 18.2 Å². The van der Waals surface area contributed by atoms with E-state index in [1.165, 1.54) is 6.07 Å². The summed E-state index contributed by atoms with van der Waals surface area (Å²) in [5, 5.41) is 9.30. The summed E-state index contributed by atoms with van der Waals surface area (Å²) in [6.45, 7) is 1.91. The number of aryl methyl sites for hydroxylation is 1. The number of para-hydroxylation sites is 1. The Morgan fingerprint density at radius 2 is 2.00 bits per heavy atom. The fourth-order valence-corrected chi connectivity index (χ4v) is 2.13. The maximum absolute atomic E-state index is 12.0. The third-order valence-electron chi connectivity index (χ3n) is 2.86. The average molecular weight is 346 g/mol. The number of carboxylic acids is 1. The van der Waals surface area contributed by atoms with Crippen LogP contribution in [0.4, 0.5) is 0 Å². The molecule has 0 spiro atoms. The van der Waals surface area contributed by atoms with Crippen molar-refractivity contribution < 1.29 is 41.8 Å². The van der Waals surface area contributed by atoms with Crippen molar-refractivity contribution in [2.75, 3.05) is 6.26 Å². The largest absolute Gasteiger partial charge is 0.475 e. The Morgan fingerprint density at radius 3 is 2.57 bits per heavy atom. The predicted octanol–water partition coefficient (Wildman–Crippen LogP) is 0.626. The highest BCUT2D eigenvalue weighted by atomic mass is 32.2. The van der Waals surface area contributed by atoms with Crippen LogP contribution in [0.25, 0.3) is 0 Å². The van der Waals surface area contributed by atoms with Gasteiger partial charge in [0.25, 0.3) is 10.1 Å². The van der Waals surface area contributed by atoms with E-state index in [-0.39, 0.29) is 11.5 Å². The standard InChI is InChI=1S/C13H14O9S/c1-3-5-8-6-4-7-9-10(8)20-13(19-9,11(14)15)12(16)21-22-23(2,17)18/h4,6-7H,3,5H2,1-2H3,(H,14,15). The normalized spacial score (nSPS) is 19.4. The van der Waals surface area contributed by atoms with Gasteiger partial charge in [0.2, 0.25) is 0 Å². The van der Waals surface area contributed by atoms with Crippen molar-refractivity contribution >= 4 is 22.1 Å². The van der Waals surface area contributed by atoms with Gasteiger partial charge < -0.3 is 14.6 Å². The molecule has 23 heavy (non-hydrogen) atoms. The molecule has 1 atom stereocenters. The van der Waals surface area contributed by atoms with Gasteiger partial charge in [-0.15, -0.1) is 0 Å². The maximum atomic E-state index is 12.0. The highest BCUT2D eigenvalue weighted by Gasteiger charge is 2.60. The third-order valence-corrected chi connectivity index (χ3v) is 3.18. The summed E-state index contributed by atoms with van der Waals surface area (Å²) in [6.07, 6.45) is 1.94. The second kappa shape index (κ2) is 6.05. The second-order valence-corrected chi connectivity index (χ2v) is 6.31. The molecule has 0 fully saturated rings. The first-order valence-corrected chi connectivity index (χ1v) is 8.35. The molecule has 1 N–H and O–H groups in total. The lowest BCUT2D eigenvalue weighted by Gasteiger charge is -2.19. The number of hydrogen-bond acceptors (Lipinski definition) is 8. The van der Waals surface area contributed by atoms with Crippen LogP contribution in [0, 0.1) is 0 Å². The van der Waals surface area contributed by atoms with Crippen LogP contribution in [0.5, 0.6) is 11.5 Å². The molecular formula is C13H14O9S. The quantitative estimate of drug-likeness (QED) is 0.448. The topological polar surface area (TPSA) is 125 Å². The van der Waals surface area contributed by atoms with Gasteiger partial charge in [0.05, 0.1) is 6.26 Å². The molecule has 1 aromatic carbocycles. The second-order valence-electron chi connectivity index (χ2n) is 4.76. The van der Waals surface area contributed by atoms with Crippen LogP contribution in [0.3, 0.4) is 0 Å². The van der Waals surface area contributed by atoms with Crippen LogP contribution in [0.2, 0.25) is 0 Å². The number of rotatable bonds is 6. The van der Waals surface area contributed by atoms with E-state index in [1.54, 1.807) is 12.1 Å². The van der Waals surface area contributed by atoms with E-state index in [4.69, 9.17) is 9.47 Å². The smallest absolute Gasteiger partial charge is 0.456 e. The Hall–Kier alpha value is -2.33. The minimum Gasteiger partial charge on any atom is -0.475 e. The molecule has 1 aromatic rings. The van der Waals surface area contributed by atoms with Gasteiger partial charge in [0, 0.05) is 0 Å². The van der Waals surface area contributed by atoms with Gasteiger partial charge in [-0.25, -0.2) is 9.59 Å². The van der Waals surface area contributed by atoms with Gasteiger partial charge in [0.1, 0.15) is 0 Å². The van der Waals surface area contributed by atoms with Crippen molar-refractivity contribution in [3.63, 3.8) is 0 Å². The molecule has 0 aromatic heterocycles. The predicted molar refractivity (Wildman–Crippen MR) is 74.1 cm³/mol. The monoisotopic (exact) mass is 346 g/mol. The molecule has 9 nitrogen and oxygen atoms in total. The lowest BCUT2D eigenvalue weighted by Crippen LogP contribution is -2.55. The summed E-state index contributed by atoms with van der Waals surface area (Å²) in [6, 6.07) is 4.73. The molecule has 0 amide bonds. The highest BCUT2D eigenvalue weighted by Crippen LogP contribution is 2.43. The van der Waals surface area contributed by atoms with Crippen LogP contribution < -0.4 is 9.47 Å². The Bertz CT molecular complexity index is 740. The van der Waals surface area contributed by atoms with Crippen molar-refractivity contribution in [2.45, 2.75) is 25.6 Å². The average Bonchev–Trinajstić information content (AvgIpc) is 2.86. The number of carbonyl (C=O) groups is 2.